The number of hydrogen-bond acceptors (Lipinski definition) is 3. The Labute approximate surface area is 148 Å². The van der Waals surface area contributed by atoms with Crippen LogP contribution in [0.4, 0.5) is 15.9 Å². The molecule has 1 saturated heterocycles. The molecule has 0 saturated carbocycles. The Kier molecular flexibility index (Phi) is 3.92. The van der Waals surface area contributed by atoms with Crippen LogP contribution in [0.25, 0.3) is 5.65 Å². The van der Waals surface area contributed by atoms with Gasteiger partial charge in [-0.05, 0) is 58.7 Å². The summed E-state index contributed by atoms with van der Waals surface area (Å²) in [6.45, 7) is 5.69. The Hall–Kier alpha value is -2.08. The quantitative estimate of drug-likeness (QED) is 0.665. The van der Waals surface area contributed by atoms with E-state index in [1.807, 2.05) is 18.3 Å². The second-order valence-electron chi connectivity index (χ2n) is 6.12. The maximum atomic E-state index is 13.1. The molecule has 0 aliphatic carbocycles. The van der Waals surface area contributed by atoms with Crippen LogP contribution in [0.3, 0.4) is 0 Å². The van der Waals surface area contributed by atoms with Crippen LogP contribution in [-0.2, 0) is 0 Å². The highest BCUT2D eigenvalue weighted by molar-refractivity contribution is 9.10. The van der Waals surface area contributed by atoms with Crippen molar-refractivity contribution in [2.75, 3.05) is 36.0 Å². The molecule has 124 valence electrons. The van der Waals surface area contributed by atoms with Gasteiger partial charge in [-0.1, -0.05) is 0 Å². The summed E-state index contributed by atoms with van der Waals surface area (Å²) in [5, 5.41) is 0. The Morgan fingerprint density at radius 1 is 1.00 bits per heavy atom. The van der Waals surface area contributed by atoms with Crippen molar-refractivity contribution >= 4 is 33.1 Å². The number of nitrogens with zero attached hydrogens (tertiary/aromatic N) is 4. The van der Waals surface area contributed by atoms with Gasteiger partial charge >= 0.3 is 0 Å². The summed E-state index contributed by atoms with van der Waals surface area (Å²) < 4.78 is 16.2. The van der Waals surface area contributed by atoms with Gasteiger partial charge in [-0.25, -0.2) is 9.37 Å². The molecule has 3 heterocycles. The molecule has 24 heavy (non-hydrogen) atoms. The van der Waals surface area contributed by atoms with Gasteiger partial charge < -0.3 is 14.2 Å². The minimum Gasteiger partial charge on any atom is -0.368 e. The number of hydrogen-bond donors (Lipinski definition) is 0. The molecule has 4 rings (SSSR count). The number of piperazine rings is 1. The number of anilines is 2. The fourth-order valence-corrected chi connectivity index (χ4v) is 3.77. The molecule has 0 atom stereocenters. The van der Waals surface area contributed by atoms with Crippen molar-refractivity contribution in [3.8, 4) is 0 Å². The molecule has 6 heteroatoms. The van der Waals surface area contributed by atoms with E-state index in [-0.39, 0.29) is 5.82 Å². The molecule has 1 aliphatic rings. The predicted molar refractivity (Wildman–Crippen MR) is 98.5 cm³/mol. The zero-order valence-corrected chi connectivity index (χ0v) is 15.0. The van der Waals surface area contributed by atoms with E-state index in [2.05, 4.69) is 49.3 Å². The molecule has 0 N–H and O–H groups in total. The molecular formula is C18H18BrFN4. The van der Waals surface area contributed by atoms with Gasteiger partial charge in [0.05, 0.1) is 6.20 Å². The lowest BCUT2D eigenvalue weighted by molar-refractivity contribution is 0.624. The normalized spacial score (nSPS) is 15.3. The fourth-order valence-electron chi connectivity index (χ4n) is 3.21. The molecular weight excluding hydrogens is 371 g/mol. The SMILES string of the molecule is Cc1cc(Br)cn2cc(N3CCN(c4ccc(F)cc4)CC3)nc12. The lowest BCUT2D eigenvalue weighted by Crippen LogP contribution is -2.46. The van der Waals surface area contributed by atoms with E-state index in [9.17, 15) is 4.39 Å². The van der Waals surface area contributed by atoms with Crippen molar-refractivity contribution in [2.45, 2.75) is 6.92 Å². The van der Waals surface area contributed by atoms with Crippen molar-refractivity contribution in [2.24, 2.45) is 0 Å². The van der Waals surface area contributed by atoms with E-state index in [0.29, 0.717) is 0 Å². The summed E-state index contributed by atoms with van der Waals surface area (Å²) in [7, 11) is 0. The first kappa shape index (κ1) is 15.4. The zero-order valence-electron chi connectivity index (χ0n) is 13.4. The average molecular weight is 389 g/mol. The highest BCUT2D eigenvalue weighted by Crippen LogP contribution is 2.23. The van der Waals surface area contributed by atoms with Gasteiger partial charge in [-0.15, -0.1) is 0 Å². The summed E-state index contributed by atoms with van der Waals surface area (Å²) in [5.41, 5.74) is 3.22. The Bertz CT molecular complexity index is 867. The Balaban J connectivity index is 1.51. The molecule has 0 bridgehead atoms. The standard InChI is InChI=1S/C18H18BrFN4/c1-13-10-14(19)11-24-12-17(21-18(13)24)23-8-6-22(7-9-23)16-4-2-15(20)3-5-16/h2-5,10-12H,6-9H2,1H3. The van der Waals surface area contributed by atoms with Crippen LogP contribution in [0.5, 0.6) is 0 Å². The monoisotopic (exact) mass is 388 g/mol. The maximum Gasteiger partial charge on any atom is 0.148 e. The first-order valence-corrected chi connectivity index (χ1v) is 8.80. The minimum absolute atomic E-state index is 0.191. The number of halogens is 2. The molecule has 0 amide bonds. The van der Waals surface area contributed by atoms with Crippen LogP contribution in [0.15, 0.2) is 47.2 Å². The van der Waals surface area contributed by atoms with Crippen molar-refractivity contribution in [3.05, 3.63) is 58.6 Å². The van der Waals surface area contributed by atoms with Crippen molar-refractivity contribution in [1.82, 2.24) is 9.38 Å². The highest BCUT2D eigenvalue weighted by atomic mass is 79.9. The molecule has 0 spiro atoms. The number of rotatable bonds is 2. The molecule has 4 nitrogen and oxygen atoms in total. The van der Waals surface area contributed by atoms with Crippen molar-refractivity contribution in [1.29, 1.82) is 0 Å². The molecule has 1 aliphatic heterocycles. The van der Waals surface area contributed by atoms with Gasteiger partial charge in [-0.2, -0.15) is 0 Å². The summed E-state index contributed by atoms with van der Waals surface area (Å²) in [5.74, 6) is 0.818. The number of aromatic nitrogens is 2. The van der Waals surface area contributed by atoms with Crippen molar-refractivity contribution < 1.29 is 4.39 Å². The van der Waals surface area contributed by atoms with Crippen LogP contribution in [0.1, 0.15) is 5.56 Å². The van der Waals surface area contributed by atoms with E-state index in [1.165, 1.54) is 12.1 Å². The summed E-state index contributed by atoms with van der Waals surface area (Å²) in [6.07, 6.45) is 4.12. The van der Waals surface area contributed by atoms with Gasteiger partial charge in [0.1, 0.15) is 17.3 Å². The van der Waals surface area contributed by atoms with Gasteiger partial charge in [-0.3, -0.25) is 0 Å². The molecule has 0 unspecified atom stereocenters. The Morgan fingerprint density at radius 3 is 2.38 bits per heavy atom. The minimum atomic E-state index is -0.191. The summed E-state index contributed by atoms with van der Waals surface area (Å²) in [6, 6.07) is 8.81. The first-order valence-electron chi connectivity index (χ1n) is 8.00. The average Bonchev–Trinajstić information content (AvgIpc) is 3.00. The lowest BCUT2D eigenvalue weighted by atomic mass is 10.2. The first-order chi connectivity index (χ1) is 11.6. The lowest BCUT2D eigenvalue weighted by Gasteiger charge is -2.36. The third-order valence-corrected chi connectivity index (χ3v) is 4.92. The fraction of sp³-hybridized carbons (Fsp3) is 0.278. The smallest absolute Gasteiger partial charge is 0.148 e. The number of imidazole rings is 1. The zero-order chi connectivity index (χ0) is 16.7. The van der Waals surface area contributed by atoms with Crippen LogP contribution < -0.4 is 9.80 Å². The molecule has 0 radical (unpaired) electrons. The number of aryl methyl sites for hydroxylation is 1. The highest BCUT2D eigenvalue weighted by Gasteiger charge is 2.20. The van der Waals surface area contributed by atoms with Crippen LogP contribution in [-0.4, -0.2) is 35.6 Å². The second kappa shape index (κ2) is 6.09. The van der Waals surface area contributed by atoms with Gasteiger partial charge in [0.2, 0.25) is 0 Å². The van der Waals surface area contributed by atoms with Gasteiger partial charge in [0, 0.05) is 42.5 Å². The number of pyridine rings is 1. The van der Waals surface area contributed by atoms with Gasteiger partial charge in [0.25, 0.3) is 0 Å². The Morgan fingerprint density at radius 2 is 1.67 bits per heavy atom. The predicted octanol–water partition coefficient (Wildman–Crippen LogP) is 3.87. The van der Waals surface area contributed by atoms with E-state index in [0.717, 1.165) is 53.4 Å². The maximum absolute atomic E-state index is 13.1. The van der Waals surface area contributed by atoms with Crippen LogP contribution in [0, 0.1) is 12.7 Å². The van der Waals surface area contributed by atoms with E-state index < -0.39 is 0 Å². The third kappa shape index (κ3) is 2.86. The second-order valence-corrected chi connectivity index (χ2v) is 7.04. The van der Waals surface area contributed by atoms with Crippen LogP contribution >= 0.6 is 15.9 Å². The van der Waals surface area contributed by atoms with Crippen LogP contribution in [0.2, 0.25) is 0 Å². The number of fused-ring (bicyclic) bond motifs is 1. The summed E-state index contributed by atoms with van der Waals surface area (Å²) in [4.78, 5) is 9.38. The molecule has 3 aromatic rings. The number of benzene rings is 1. The van der Waals surface area contributed by atoms with Gasteiger partial charge in [0.15, 0.2) is 0 Å². The van der Waals surface area contributed by atoms with E-state index >= 15 is 0 Å². The van der Waals surface area contributed by atoms with Crippen molar-refractivity contribution in [3.63, 3.8) is 0 Å². The largest absolute Gasteiger partial charge is 0.368 e. The summed E-state index contributed by atoms with van der Waals surface area (Å²) >= 11 is 3.53. The third-order valence-electron chi connectivity index (χ3n) is 4.48. The molecule has 1 fully saturated rings. The van der Waals surface area contributed by atoms with E-state index in [4.69, 9.17) is 4.98 Å². The molecule has 1 aromatic carbocycles. The topological polar surface area (TPSA) is 23.8 Å². The molecule has 2 aromatic heterocycles. The van der Waals surface area contributed by atoms with E-state index in [1.54, 1.807) is 0 Å².